The second kappa shape index (κ2) is 5.23. The van der Waals surface area contributed by atoms with Gasteiger partial charge in [-0.25, -0.2) is 9.59 Å². The normalized spacial score (nSPS) is 15.9. The van der Waals surface area contributed by atoms with Gasteiger partial charge in [0.05, 0.1) is 5.00 Å². The summed E-state index contributed by atoms with van der Waals surface area (Å²) in [6.07, 6.45) is 3.48. The third kappa shape index (κ3) is 3.00. The lowest BCUT2D eigenvalue weighted by atomic mass is 9.93. The molecule has 0 aliphatic heterocycles. The van der Waals surface area contributed by atoms with E-state index in [1.165, 1.54) is 11.3 Å². The summed E-state index contributed by atoms with van der Waals surface area (Å²) >= 11 is 1.28. The second-order valence-corrected chi connectivity index (χ2v) is 5.20. The van der Waals surface area contributed by atoms with Crippen molar-refractivity contribution in [1.82, 2.24) is 0 Å². The molecule has 0 atom stereocenters. The van der Waals surface area contributed by atoms with Gasteiger partial charge >= 0.3 is 17.8 Å². The first kappa shape index (κ1) is 13.3. The van der Waals surface area contributed by atoms with Crippen LogP contribution in [0.2, 0.25) is 0 Å². The van der Waals surface area contributed by atoms with Gasteiger partial charge in [-0.1, -0.05) is 0 Å². The van der Waals surface area contributed by atoms with Crippen LogP contribution in [0, 0.1) is 0 Å². The van der Waals surface area contributed by atoms with Crippen LogP contribution < -0.4 is 5.32 Å². The van der Waals surface area contributed by atoms with E-state index >= 15 is 0 Å². The molecule has 1 amide bonds. The maximum absolute atomic E-state index is 11.1. The lowest BCUT2D eigenvalue weighted by Crippen LogP contribution is -2.21. The van der Waals surface area contributed by atoms with Gasteiger partial charge in [-0.15, -0.1) is 11.3 Å². The van der Waals surface area contributed by atoms with Crippen LogP contribution in [0.4, 0.5) is 5.00 Å². The van der Waals surface area contributed by atoms with E-state index in [9.17, 15) is 14.4 Å². The van der Waals surface area contributed by atoms with Crippen LogP contribution in [0.5, 0.6) is 0 Å². The van der Waals surface area contributed by atoms with E-state index in [4.69, 9.17) is 10.2 Å². The predicted molar refractivity (Wildman–Crippen MR) is 69.1 cm³/mol. The number of carboxylic acid groups (broad SMARTS) is 2. The Morgan fingerprint density at radius 3 is 2.63 bits per heavy atom. The van der Waals surface area contributed by atoms with E-state index in [2.05, 4.69) is 5.32 Å². The van der Waals surface area contributed by atoms with E-state index in [1.807, 2.05) is 0 Å². The van der Waals surface area contributed by atoms with Gasteiger partial charge in [0.25, 0.3) is 0 Å². The molecule has 0 radical (unpaired) electrons. The number of aryl methyl sites for hydroxylation is 1. The monoisotopic (exact) mass is 281 g/mol. The van der Waals surface area contributed by atoms with Crippen molar-refractivity contribution in [2.45, 2.75) is 19.3 Å². The average molecular weight is 281 g/mol. The zero-order valence-electron chi connectivity index (χ0n) is 9.80. The minimum atomic E-state index is -1.55. The topological polar surface area (TPSA) is 104 Å². The Morgan fingerprint density at radius 1 is 1.26 bits per heavy atom. The molecule has 0 saturated heterocycles. The maximum Gasteiger partial charge on any atom is 0.394 e. The number of nitrogens with one attached hydrogen (secondary N) is 1. The molecule has 1 aliphatic rings. The van der Waals surface area contributed by atoms with Crippen LogP contribution >= 0.6 is 11.3 Å². The van der Waals surface area contributed by atoms with Gasteiger partial charge in [0.2, 0.25) is 0 Å². The summed E-state index contributed by atoms with van der Waals surface area (Å²) in [5.41, 5.74) is 1.50. The van der Waals surface area contributed by atoms with Gasteiger partial charge in [0, 0.05) is 11.0 Å². The van der Waals surface area contributed by atoms with Crippen LogP contribution in [0.25, 0.3) is 5.57 Å². The van der Waals surface area contributed by atoms with Crippen molar-refractivity contribution in [2.24, 2.45) is 0 Å². The molecular formula is C12H11NO5S. The number of aliphatic carboxylic acids is 2. The van der Waals surface area contributed by atoms with Gasteiger partial charge in [0.1, 0.15) is 0 Å². The minimum Gasteiger partial charge on any atom is -0.478 e. The second-order valence-electron chi connectivity index (χ2n) is 4.07. The molecule has 0 unspecified atom stereocenters. The van der Waals surface area contributed by atoms with Gasteiger partial charge < -0.3 is 15.5 Å². The summed E-state index contributed by atoms with van der Waals surface area (Å²) in [5.74, 6) is -3.65. The Morgan fingerprint density at radius 2 is 2.00 bits per heavy atom. The molecule has 0 saturated carbocycles. The van der Waals surface area contributed by atoms with Crippen molar-refractivity contribution in [3.8, 4) is 0 Å². The average Bonchev–Trinajstić information content (AvgIpc) is 2.71. The molecular weight excluding hydrogens is 270 g/mol. The first-order chi connectivity index (χ1) is 8.97. The molecule has 0 fully saturated rings. The molecule has 6 nitrogen and oxygen atoms in total. The fourth-order valence-corrected chi connectivity index (χ4v) is 3.12. The molecule has 0 spiro atoms. The Bertz CT molecular complexity index is 587. The molecule has 7 heteroatoms. The number of hydrogen-bond donors (Lipinski definition) is 3. The molecule has 19 heavy (non-hydrogen) atoms. The van der Waals surface area contributed by atoms with Crippen molar-refractivity contribution in [2.75, 3.05) is 5.32 Å². The molecule has 0 aromatic carbocycles. The summed E-state index contributed by atoms with van der Waals surface area (Å²) < 4.78 is 0. The summed E-state index contributed by atoms with van der Waals surface area (Å²) in [5, 5.41) is 20.0. The van der Waals surface area contributed by atoms with E-state index in [-0.39, 0.29) is 0 Å². The van der Waals surface area contributed by atoms with Gasteiger partial charge in [-0.2, -0.15) is 0 Å². The molecule has 3 N–H and O–H groups in total. The quantitative estimate of drug-likeness (QED) is 0.564. The van der Waals surface area contributed by atoms with E-state index in [0.29, 0.717) is 17.0 Å². The number of rotatable bonds is 2. The van der Waals surface area contributed by atoms with Gasteiger partial charge in [0.15, 0.2) is 0 Å². The van der Waals surface area contributed by atoms with Crippen molar-refractivity contribution < 1.29 is 24.6 Å². The zero-order chi connectivity index (χ0) is 14.0. The lowest BCUT2D eigenvalue weighted by Gasteiger charge is -2.13. The highest BCUT2D eigenvalue weighted by atomic mass is 32.1. The fraction of sp³-hybridized carbons (Fsp3) is 0.250. The van der Waals surface area contributed by atoms with Crippen molar-refractivity contribution >= 4 is 39.8 Å². The number of carbonyl (C=O) groups is 3. The van der Waals surface area contributed by atoms with E-state index in [0.717, 1.165) is 29.4 Å². The van der Waals surface area contributed by atoms with Crippen LogP contribution in [-0.2, 0) is 20.8 Å². The Labute approximate surface area is 112 Å². The highest BCUT2D eigenvalue weighted by molar-refractivity contribution is 7.16. The molecule has 0 bridgehead atoms. The number of carboxylic acids is 2. The van der Waals surface area contributed by atoms with Crippen LogP contribution in [-0.4, -0.2) is 28.1 Å². The smallest absolute Gasteiger partial charge is 0.394 e. The fourth-order valence-electron chi connectivity index (χ4n) is 1.99. The highest BCUT2D eigenvalue weighted by Gasteiger charge is 2.20. The van der Waals surface area contributed by atoms with Crippen molar-refractivity contribution in [3.05, 3.63) is 22.6 Å². The first-order valence-electron chi connectivity index (χ1n) is 5.58. The summed E-state index contributed by atoms with van der Waals surface area (Å²) in [4.78, 5) is 33.2. The number of fused-ring (bicyclic) bond motifs is 1. The number of amides is 1. The van der Waals surface area contributed by atoms with Crippen LogP contribution in [0.15, 0.2) is 12.1 Å². The van der Waals surface area contributed by atoms with Crippen molar-refractivity contribution in [1.29, 1.82) is 0 Å². The van der Waals surface area contributed by atoms with E-state index < -0.39 is 17.8 Å². The molecule has 1 aromatic rings. The van der Waals surface area contributed by atoms with Crippen LogP contribution in [0.1, 0.15) is 23.3 Å². The van der Waals surface area contributed by atoms with Crippen LogP contribution in [0.3, 0.4) is 0 Å². The Balaban J connectivity index is 2.29. The first-order valence-corrected chi connectivity index (χ1v) is 6.40. The SMILES string of the molecule is O=C(O)C=C1CCCc2sc(NC(=O)C(=O)O)cc21. The highest BCUT2D eigenvalue weighted by Crippen LogP contribution is 2.38. The number of anilines is 1. The molecule has 1 heterocycles. The standard InChI is InChI=1S/C12H11NO5S/c14-10(15)4-6-2-1-3-8-7(6)5-9(19-8)13-11(16)12(17)18/h4-5H,1-3H2,(H,13,16)(H,14,15)(H,17,18). The molecule has 100 valence electrons. The van der Waals surface area contributed by atoms with E-state index in [1.54, 1.807) is 6.07 Å². The largest absolute Gasteiger partial charge is 0.478 e. The van der Waals surface area contributed by atoms with Crippen molar-refractivity contribution in [3.63, 3.8) is 0 Å². The third-order valence-corrected chi connectivity index (χ3v) is 3.84. The summed E-state index contributed by atoms with van der Waals surface area (Å²) in [6.45, 7) is 0. The molecule has 1 aliphatic carbocycles. The lowest BCUT2D eigenvalue weighted by molar-refractivity contribution is -0.147. The Kier molecular flexibility index (Phi) is 3.66. The minimum absolute atomic E-state index is 0.426. The summed E-state index contributed by atoms with van der Waals surface area (Å²) in [7, 11) is 0. The van der Waals surface area contributed by atoms with Gasteiger partial charge in [-0.05, 0) is 36.5 Å². The summed E-state index contributed by atoms with van der Waals surface area (Å²) in [6, 6.07) is 1.63. The Hall–Kier alpha value is -2.15. The third-order valence-electron chi connectivity index (χ3n) is 2.73. The molecule has 2 rings (SSSR count). The zero-order valence-corrected chi connectivity index (χ0v) is 10.6. The molecule has 1 aromatic heterocycles. The number of hydrogen-bond acceptors (Lipinski definition) is 4. The maximum atomic E-state index is 11.1. The predicted octanol–water partition coefficient (Wildman–Crippen LogP) is 1.58. The van der Waals surface area contributed by atoms with Gasteiger partial charge in [-0.3, -0.25) is 4.79 Å². The number of allylic oxidation sites excluding steroid dienone is 1. The number of thiophene rings is 1. The number of carbonyl (C=O) groups excluding carboxylic acids is 1.